The molecule has 3 aromatic rings. The molecule has 9 nitrogen and oxygen atoms in total. The highest BCUT2D eigenvalue weighted by atomic mass is 19.4. The van der Waals surface area contributed by atoms with Gasteiger partial charge >= 0.3 is 6.18 Å². The Morgan fingerprint density at radius 1 is 1.02 bits per heavy atom. The van der Waals surface area contributed by atoms with E-state index in [-0.39, 0.29) is 37.8 Å². The summed E-state index contributed by atoms with van der Waals surface area (Å²) in [6.07, 6.45) is 5.48. The van der Waals surface area contributed by atoms with Crippen LogP contribution in [0.25, 0.3) is 5.65 Å². The van der Waals surface area contributed by atoms with Crippen molar-refractivity contribution in [2.24, 2.45) is 0 Å². The topological polar surface area (TPSA) is 114 Å². The molecule has 2 fully saturated rings. The van der Waals surface area contributed by atoms with Crippen LogP contribution in [0.15, 0.2) is 29.2 Å². The molecule has 0 unspecified atom stereocenters. The van der Waals surface area contributed by atoms with Crippen molar-refractivity contribution in [2.75, 3.05) is 0 Å². The van der Waals surface area contributed by atoms with Crippen LogP contribution in [0.5, 0.6) is 0 Å². The number of hydrogen-bond donors (Lipinski definition) is 2. The van der Waals surface area contributed by atoms with Crippen molar-refractivity contribution in [3.05, 3.63) is 47.2 Å². The first-order chi connectivity index (χ1) is 19.8. The van der Waals surface area contributed by atoms with E-state index in [1.54, 1.807) is 12.3 Å². The summed E-state index contributed by atoms with van der Waals surface area (Å²) in [7, 11) is 0. The van der Waals surface area contributed by atoms with E-state index in [0.717, 1.165) is 6.42 Å². The number of aromatic nitrogens is 4. The quantitative estimate of drug-likeness (QED) is 0.286. The van der Waals surface area contributed by atoms with Gasteiger partial charge in [0, 0.05) is 31.7 Å². The van der Waals surface area contributed by atoms with Crippen LogP contribution in [0.3, 0.4) is 0 Å². The highest BCUT2D eigenvalue weighted by Crippen LogP contribution is 2.32. The number of imidazole rings is 1. The molecule has 0 saturated heterocycles. The second-order valence-corrected chi connectivity index (χ2v) is 10.7. The zero-order valence-corrected chi connectivity index (χ0v) is 23.8. The van der Waals surface area contributed by atoms with E-state index in [1.165, 1.54) is 36.2 Å². The van der Waals surface area contributed by atoms with E-state index in [0.29, 0.717) is 41.1 Å². The average Bonchev–Trinajstić information content (AvgIpc) is 3.62. The number of alkyl halides is 5. The highest BCUT2D eigenvalue weighted by molar-refractivity contribution is 5.94. The first-order valence-corrected chi connectivity index (χ1v) is 14.1. The van der Waals surface area contributed by atoms with Crippen LogP contribution in [0, 0.1) is 0 Å². The lowest BCUT2D eigenvalue weighted by Gasteiger charge is -2.20. The van der Waals surface area contributed by atoms with Gasteiger partial charge in [0.2, 0.25) is 11.8 Å². The molecule has 0 spiro atoms. The second kappa shape index (κ2) is 15.1. The van der Waals surface area contributed by atoms with Crippen LogP contribution >= 0.6 is 0 Å². The second-order valence-electron chi connectivity index (χ2n) is 10.7. The van der Waals surface area contributed by atoms with E-state index in [2.05, 4.69) is 25.9 Å². The molecule has 14 heteroatoms. The van der Waals surface area contributed by atoms with Gasteiger partial charge in [-0.2, -0.15) is 18.3 Å². The Hall–Kier alpha value is -3.58. The number of fused-ring (bicyclic) bond motifs is 1. The first kappa shape index (κ1) is 32.9. The molecule has 5 rings (SSSR count). The average molecular weight is 601 g/mol. The smallest absolute Gasteiger partial charge is 0.360 e. The fourth-order valence-corrected chi connectivity index (χ4v) is 3.86. The predicted octanol–water partition coefficient (Wildman–Crippen LogP) is 6.49. The summed E-state index contributed by atoms with van der Waals surface area (Å²) in [5.41, 5.74) is 1.97. The lowest BCUT2D eigenvalue weighted by molar-refractivity contribution is -0.144. The van der Waals surface area contributed by atoms with Crippen molar-refractivity contribution in [3.63, 3.8) is 0 Å². The highest BCUT2D eigenvalue weighted by Gasteiger charge is 2.30. The van der Waals surface area contributed by atoms with Gasteiger partial charge in [0.15, 0.2) is 11.4 Å². The minimum Gasteiger partial charge on any atom is -0.360 e. The number of nitrogens with one attached hydrogen (secondary N) is 2. The monoisotopic (exact) mass is 600 g/mol. The first-order valence-electron chi connectivity index (χ1n) is 14.1. The van der Waals surface area contributed by atoms with Crippen LogP contribution in [-0.4, -0.2) is 43.7 Å². The van der Waals surface area contributed by atoms with Crippen LogP contribution in [0.2, 0.25) is 0 Å². The van der Waals surface area contributed by atoms with E-state index in [4.69, 9.17) is 4.52 Å². The summed E-state index contributed by atoms with van der Waals surface area (Å²) in [6, 6.07) is 1.65. The van der Waals surface area contributed by atoms with Crippen LogP contribution in [0.4, 0.5) is 22.0 Å². The number of nitrogens with zero attached hydrogens (tertiary/aromatic N) is 4. The summed E-state index contributed by atoms with van der Waals surface area (Å²) < 4.78 is 67.5. The van der Waals surface area contributed by atoms with Crippen molar-refractivity contribution >= 4 is 17.5 Å². The molecule has 0 aliphatic heterocycles. The van der Waals surface area contributed by atoms with E-state index in [1.807, 2.05) is 13.8 Å². The molecular weight excluding hydrogens is 563 g/mol. The standard InChI is InChI=1S/C19H21F3N6O3.C6H10F2.C3H6/c1-11(2)17-14(9-26-31-17)18(30)24-8-13-10-28-15(27-13)5-12(7-25-28)6-23-16(29)3-4-19(20,21)22;7-6(8)4-2-1-3-5-6;1-2-3-1/h5,7,9-11H,3-4,6,8H2,1-2H3,(H,23,29)(H,24,30);1-5H2;1-3H2. The zero-order chi connectivity index (χ0) is 30.8. The van der Waals surface area contributed by atoms with Crippen LogP contribution in [0.1, 0.15) is 111 Å². The molecule has 2 amide bonds. The molecule has 232 valence electrons. The van der Waals surface area contributed by atoms with Crippen LogP contribution in [-0.2, 0) is 17.9 Å². The number of hydrogen-bond acceptors (Lipinski definition) is 6. The Kier molecular flexibility index (Phi) is 11.8. The van der Waals surface area contributed by atoms with Gasteiger partial charge in [-0.25, -0.2) is 18.3 Å². The molecule has 0 aromatic carbocycles. The van der Waals surface area contributed by atoms with Crippen molar-refractivity contribution < 1.29 is 36.1 Å². The van der Waals surface area contributed by atoms with Crippen LogP contribution < -0.4 is 10.6 Å². The number of halogens is 5. The molecular formula is C28H37F5N6O3. The third-order valence-electron chi connectivity index (χ3n) is 6.29. The van der Waals surface area contributed by atoms with Gasteiger partial charge in [0.05, 0.1) is 37.3 Å². The lowest BCUT2D eigenvalue weighted by Crippen LogP contribution is -2.24. The maximum Gasteiger partial charge on any atom is 0.389 e. The Bertz CT molecular complexity index is 1290. The number of amides is 2. The molecule has 2 saturated carbocycles. The summed E-state index contributed by atoms with van der Waals surface area (Å²) in [5, 5.41) is 13.0. The fraction of sp³-hybridized carbons (Fsp3) is 0.607. The maximum atomic E-state index is 12.4. The maximum absolute atomic E-state index is 12.4. The van der Waals surface area contributed by atoms with Gasteiger partial charge < -0.3 is 15.2 Å². The summed E-state index contributed by atoms with van der Waals surface area (Å²) >= 11 is 0. The normalized spacial score (nSPS) is 15.7. The van der Waals surface area contributed by atoms with E-state index >= 15 is 0 Å². The van der Waals surface area contributed by atoms with Gasteiger partial charge in [-0.15, -0.1) is 0 Å². The molecule has 3 aromatic heterocycles. The van der Waals surface area contributed by atoms with Gasteiger partial charge in [-0.3, -0.25) is 9.59 Å². The van der Waals surface area contributed by atoms with Gasteiger partial charge in [0.25, 0.3) is 5.91 Å². The van der Waals surface area contributed by atoms with E-state index in [9.17, 15) is 31.5 Å². The summed E-state index contributed by atoms with van der Waals surface area (Å²) in [6.45, 7) is 3.96. The predicted molar refractivity (Wildman–Crippen MR) is 144 cm³/mol. The van der Waals surface area contributed by atoms with Crippen molar-refractivity contribution in [1.29, 1.82) is 0 Å². The third-order valence-corrected chi connectivity index (χ3v) is 6.29. The minimum absolute atomic E-state index is 0.00928. The third kappa shape index (κ3) is 11.7. The molecule has 0 bridgehead atoms. The summed E-state index contributed by atoms with van der Waals surface area (Å²) in [5.74, 6) is -2.85. The Labute approximate surface area is 240 Å². The lowest BCUT2D eigenvalue weighted by atomic mass is 9.97. The molecule has 0 radical (unpaired) electrons. The minimum atomic E-state index is -4.37. The SMILES string of the molecule is C1CC1.CC(C)c1oncc1C(=O)NCc1cn2ncc(CNC(=O)CCC(F)(F)F)cc2n1.FC1(F)CCCCC1. The molecule has 0 atom stereocenters. The number of rotatable bonds is 8. The van der Waals surface area contributed by atoms with Gasteiger partial charge in [0.1, 0.15) is 5.56 Å². The fourth-order valence-electron chi connectivity index (χ4n) is 3.86. The zero-order valence-electron chi connectivity index (χ0n) is 23.8. The van der Waals surface area contributed by atoms with Crippen molar-refractivity contribution in [1.82, 2.24) is 30.4 Å². The molecule has 3 heterocycles. The molecule has 2 aliphatic carbocycles. The number of carbonyl (C=O) groups is 2. The van der Waals surface area contributed by atoms with Gasteiger partial charge in [-0.1, -0.05) is 44.7 Å². The molecule has 42 heavy (non-hydrogen) atoms. The number of carbonyl (C=O) groups excluding carboxylic acids is 2. The van der Waals surface area contributed by atoms with Crippen molar-refractivity contribution in [3.8, 4) is 0 Å². The molecule has 2 N–H and O–H groups in total. The molecule has 2 aliphatic rings. The Morgan fingerprint density at radius 2 is 1.69 bits per heavy atom. The van der Waals surface area contributed by atoms with E-state index < -0.39 is 30.8 Å². The van der Waals surface area contributed by atoms with Crippen molar-refractivity contribution in [2.45, 2.75) is 109 Å². The Balaban J connectivity index is 0.000000364. The largest absolute Gasteiger partial charge is 0.389 e. The summed E-state index contributed by atoms with van der Waals surface area (Å²) in [4.78, 5) is 28.3. The van der Waals surface area contributed by atoms with Gasteiger partial charge in [-0.05, 0) is 24.5 Å². The Morgan fingerprint density at radius 3 is 2.26 bits per heavy atom.